The average molecular weight is 419 g/mol. The van der Waals surface area contributed by atoms with Gasteiger partial charge >= 0.3 is 0 Å². The Morgan fingerprint density at radius 3 is 2.68 bits per heavy atom. The number of H-pyrrole nitrogens is 1. The normalized spacial score (nSPS) is 20.7. The maximum Gasteiger partial charge on any atom is 0.257 e. The largest absolute Gasteiger partial charge is 0.391 e. The van der Waals surface area contributed by atoms with Crippen LogP contribution in [-0.2, 0) is 0 Å². The molecule has 2 aliphatic rings. The van der Waals surface area contributed by atoms with Crippen molar-refractivity contribution in [3.63, 3.8) is 0 Å². The summed E-state index contributed by atoms with van der Waals surface area (Å²) in [6.07, 6.45) is 5.33. The lowest BCUT2D eigenvalue weighted by atomic mass is 9.71. The summed E-state index contributed by atoms with van der Waals surface area (Å²) in [6.45, 7) is 2.73. The number of aromatic nitrogens is 4. The van der Waals surface area contributed by atoms with E-state index >= 15 is 0 Å². The number of aromatic amines is 1. The molecule has 1 amide bonds. The van der Waals surface area contributed by atoms with Gasteiger partial charge in [-0.1, -0.05) is 30.3 Å². The third-order valence-electron chi connectivity index (χ3n) is 6.55. The van der Waals surface area contributed by atoms with Gasteiger partial charge in [-0.15, -0.1) is 5.10 Å². The first-order valence-corrected chi connectivity index (χ1v) is 10.7. The number of carbonyl (C=O) groups excluding carboxylic acids is 1. The fourth-order valence-electron chi connectivity index (χ4n) is 4.98. The van der Waals surface area contributed by atoms with Crippen LogP contribution in [-0.4, -0.2) is 68.6 Å². The van der Waals surface area contributed by atoms with Crippen molar-refractivity contribution in [2.75, 3.05) is 31.1 Å². The summed E-state index contributed by atoms with van der Waals surface area (Å²) < 4.78 is 0. The lowest BCUT2D eigenvalue weighted by molar-refractivity contribution is 0.0246. The number of hydrogen-bond acceptors (Lipinski definition) is 6. The van der Waals surface area contributed by atoms with E-state index in [0.29, 0.717) is 25.2 Å². The van der Waals surface area contributed by atoms with Gasteiger partial charge in [0.25, 0.3) is 5.91 Å². The number of anilines is 1. The molecule has 1 spiro atoms. The number of nitrogens with one attached hydrogen (secondary N) is 1. The SMILES string of the molecule is O=C(c1cn[nH]c1-c1ccccc1)N1CCC2(CC1)CC(O)CN(c1cccnn1)C2. The highest BCUT2D eigenvalue weighted by atomic mass is 16.3. The summed E-state index contributed by atoms with van der Waals surface area (Å²) in [4.78, 5) is 17.3. The van der Waals surface area contributed by atoms with E-state index in [1.165, 1.54) is 0 Å². The zero-order valence-electron chi connectivity index (χ0n) is 17.3. The molecule has 0 saturated carbocycles. The Kier molecular flexibility index (Phi) is 5.15. The van der Waals surface area contributed by atoms with Crippen molar-refractivity contribution in [2.45, 2.75) is 25.4 Å². The van der Waals surface area contributed by atoms with Crippen LogP contribution in [0.5, 0.6) is 0 Å². The van der Waals surface area contributed by atoms with Gasteiger partial charge in [0.15, 0.2) is 5.82 Å². The van der Waals surface area contributed by atoms with Crippen LogP contribution in [0.15, 0.2) is 54.9 Å². The summed E-state index contributed by atoms with van der Waals surface area (Å²) in [7, 11) is 0. The molecule has 8 heteroatoms. The van der Waals surface area contributed by atoms with Crippen LogP contribution in [0.25, 0.3) is 11.3 Å². The van der Waals surface area contributed by atoms with Crippen molar-refractivity contribution in [1.82, 2.24) is 25.3 Å². The minimum atomic E-state index is -0.406. The van der Waals surface area contributed by atoms with E-state index in [1.54, 1.807) is 12.4 Å². The van der Waals surface area contributed by atoms with E-state index in [0.717, 1.165) is 42.9 Å². The number of nitrogens with zero attached hydrogens (tertiary/aromatic N) is 5. The van der Waals surface area contributed by atoms with E-state index < -0.39 is 6.10 Å². The lowest BCUT2D eigenvalue weighted by Crippen LogP contribution is -2.54. The fourth-order valence-corrected chi connectivity index (χ4v) is 4.98. The van der Waals surface area contributed by atoms with Gasteiger partial charge in [-0.2, -0.15) is 10.2 Å². The van der Waals surface area contributed by atoms with Crippen LogP contribution in [0, 0.1) is 5.41 Å². The van der Waals surface area contributed by atoms with E-state index in [-0.39, 0.29) is 11.3 Å². The molecule has 160 valence electrons. The third-order valence-corrected chi connectivity index (χ3v) is 6.55. The molecule has 0 aliphatic carbocycles. The monoisotopic (exact) mass is 418 g/mol. The van der Waals surface area contributed by atoms with Gasteiger partial charge in [0.2, 0.25) is 0 Å². The number of rotatable bonds is 3. The second-order valence-electron chi connectivity index (χ2n) is 8.64. The molecule has 1 unspecified atom stereocenters. The first-order valence-electron chi connectivity index (χ1n) is 10.7. The predicted octanol–water partition coefficient (Wildman–Crippen LogP) is 2.36. The zero-order valence-corrected chi connectivity index (χ0v) is 17.3. The van der Waals surface area contributed by atoms with Crippen LogP contribution in [0.1, 0.15) is 29.6 Å². The van der Waals surface area contributed by atoms with Crippen molar-refractivity contribution in [3.8, 4) is 11.3 Å². The van der Waals surface area contributed by atoms with Crippen molar-refractivity contribution < 1.29 is 9.90 Å². The van der Waals surface area contributed by atoms with Crippen molar-refractivity contribution in [3.05, 3.63) is 60.4 Å². The van der Waals surface area contributed by atoms with Crippen LogP contribution >= 0.6 is 0 Å². The van der Waals surface area contributed by atoms with Gasteiger partial charge < -0.3 is 14.9 Å². The summed E-state index contributed by atoms with van der Waals surface area (Å²) in [5.41, 5.74) is 2.29. The Morgan fingerprint density at radius 2 is 1.94 bits per heavy atom. The molecule has 0 bridgehead atoms. The molecule has 0 radical (unpaired) electrons. The highest BCUT2D eigenvalue weighted by Crippen LogP contribution is 2.41. The van der Waals surface area contributed by atoms with Crippen molar-refractivity contribution >= 4 is 11.7 Å². The second kappa shape index (κ2) is 8.11. The molecule has 1 aromatic carbocycles. The molecule has 2 saturated heterocycles. The molecule has 2 N–H and O–H groups in total. The number of benzene rings is 1. The molecular weight excluding hydrogens is 392 g/mol. The van der Waals surface area contributed by atoms with Gasteiger partial charge in [0.1, 0.15) is 0 Å². The van der Waals surface area contributed by atoms with Gasteiger partial charge in [-0.25, -0.2) is 0 Å². The molecule has 4 heterocycles. The van der Waals surface area contributed by atoms with Crippen LogP contribution in [0.3, 0.4) is 0 Å². The van der Waals surface area contributed by atoms with Crippen LogP contribution < -0.4 is 4.90 Å². The quantitative estimate of drug-likeness (QED) is 0.678. The minimum Gasteiger partial charge on any atom is -0.391 e. The number of aliphatic hydroxyl groups excluding tert-OH is 1. The maximum atomic E-state index is 13.3. The highest BCUT2D eigenvalue weighted by Gasteiger charge is 2.43. The molecule has 1 atom stereocenters. The Labute approximate surface area is 180 Å². The number of likely N-dealkylation sites (tertiary alicyclic amines) is 1. The molecule has 8 nitrogen and oxygen atoms in total. The van der Waals surface area contributed by atoms with Crippen molar-refractivity contribution in [2.24, 2.45) is 5.41 Å². The van der Waals surface area contributed by atoms with Gasteiger partial charge in [-0.05, 0) is 36.8 Å². The zero-order chi connectivity index (χ0) is 21.3. The number of piperidine rings is 2. The first kappa shape index (κ1) is 19.7. The number of carbonyl (C=O) groups is 1. The molecule has 2 fully saturated rings. The summed E-state index contributed by atoms with van der Waals surface area (Å²) in [5, 5.41) is 25.9. The van der Waals surface area contributed by atoms with Gasteiger partial charge in [-0.3, -0.25) is 9.89 Å². The van der Waals surface area contributed by atoms with E-state index in [9.17, 15) is 9.90 Å². The van der Waals surface area contributed by atoms with Crippen molar-refractivity contribution in [1.29, 1.82) is 0 Å². The molecular formula is C23H26N6O2. The summed E-state index contributed by atoms with van der Waals surface area (Å²) in [6, 6.07) is 13.6. The number of β-amino-alcohol motifs (C(OH)–C–C–N with tert-alkyl or cyclic N) is 1. The number of amides is 1. The standard InChI is InChI=1S/C23H26N6O2/c30-18-13-23(16-29(15-18)20-7-4-10-24-26-20)8-11-28(12-9-23)22(31)19-14-25-27-21(19)17-5-2-1-3-6-17/h1-7,10,14,18,30H,8-9,11-13,15-16H2,(H,25,27). The molecule has 3 aromatic rings. The Hall–Kier alpha value is -3.26. The Bertz CT molecular complexity index is 1030. The molecule has 2 aromatic heterocycles. The lowest BCUT2D eigenvalue weighted by Gasteiger charge is -2.49. The molecule has 31 heavy (non-hydrogen) atoms. The number of aliphatic hydroxyl groups is 1. The van der Waals surface area contributed by atoms with E-state index in [2.05, 4.69) is 25.3 Å². The van der Waals surface area contributed by atoms with Gasteiger partial charge in [0, 0.05) is 37.9 Å². The third kappa shape index (κ3) is 3.90. The Balaban J connectivity index is 1.29. The van der Waals surface area contributed by atoms with E-state index in [4.69, 9.17) is 0 Å². The maximum absolute atomic E-state index is 13.3. The van der Waals surface area contributed by atoms with Gasteiger partial charge in [0.05, 0.1) is 23.6 Å². The Morgan fingerprint density at radius 1 is 1.13 bits per heavy atom. The average Bonchev–Trinajstić information content (AvgIpc) is 3.30. The summed E-state index contributed by atoms with van der Waals surface area (Å²) >= 11 is 0. The minimum absolute atomic E-state index is 0.00425. The topological polar surface area (TPSA) is 98.2 Å². The fraction of sp³-hybridized carbons (Fsp3) is 0.391. The number of hydrogen-bond donors (Lipinski definition) is 2. The predicted molar refractivity (Wildman–Crippen MR) is 116 cm³/mol. The summed E-state index contributed by atoms with van der Waals surface area (Å²) in [5.74, 6) is 0.801. The smallest absolute Gasteiger partial charge is 0.257 e. The molecule has 2 aliphatic heterocycles. The highest BCUT2D eigenvalue weighted by molar-refractivity contribution is 5.99. The van der Waals surface area contributed by atoms with Crippen LogP contribution in [0.4, 0.5) is 5.82 Å². The van der Waals surface area contributed by atoms with Crippen LogP contribution in [0.2, 0.25) is 0 Å². The molecule has 5 rings (SSSR count). The van der Waals surface area contributed by atoms with E-state index in [1.807, 2.05) is 47.4 Å². The first-order chi connectivity index (χ1) is 15.1. The second-order valence-corrected chi connectivity index (χ2v) is 8.64.